The first kappa shape index (κ1) is 16.8. The number of amides is 2. The Morgan fingerprint density at radius 2 is 1.95 bits per heavy atom. The third-order valence-electron chi connectivity index (χ3n) is 2.63. The largest absolute Gasteiger partial charge is 0.478 e. The van der Waals surface area contributed by atoms with Crippen LogP contribution in [0.3, 0.4) is 0 Å². The van der Waals surface area contributed by atoms with Gasteiger partial charge >= 0.3 is 18.2 Å². The fourth-order valence-electron chi connectivity index (χ4n) is 1.77. The number of carboxylic acids is 1. The van der Waals surface area contributed by atoms with E-state index in [0.717, 1.165) is 0 Å². The highest BCUT2D eigenvalue weighted by Crippen LogP contribution is 2.21. The number of urea groups is 1. The van der Waals surface area contributed by atoms with Gasteiger partial charge in [-0.1, -0.05) is 0 Å². The Kier molecular flexibility index (Phi) is 5.17. The summed E-state index contributed by atoms with van der Waals surface area (Å²) in [5, 5.41) is 13.4. The number of hydrogen-bond donors (Lipinski definition) is 3. The highest BCUT2D eigenvalue weighted by molar-refractivity contribution is 5.92. The first-order chi connectivity index (χ1) is 9.58. The summed E-state index contributed by atoms with van der Waals surface area (Å²) in [5.74, 6) is -1.10. The molecule has 0 aromatic heterocycles. The summed E-state index contributed by atoms with van der Waals surface area (Å²) in [6.07, 6.45) is -5.48. The van der Waals surface area contributed by atoms with Gasteiger partial charge in [0.25, 0.3) is 0 Å². The fraction of sp³-hybridized carbons (Fsp3) is 0.385. The monoisotopic (exact) mass is 304 g/mol. The summed E-state index contributed by atoms with van der Waals surface area (Å²) in [5.41, 5.74) is 0.823. The summed E-state index contributed by atoms with van der Waals surface area (Å²) in [7, 11) is 0. The Morgan fingerprint density at radius 1 is 1.33 bits per heavy atom. The van der Waals surface area contributed by atoms with Crippen LogP contribution in [-0.4, -0.2) is 29.3 Å². The smallest absolute Gasteiger partial charge is 0.391 e. The molecule has 5 nitrogen and oxygen atoms in total. The number of aryl methyl sites for hydroxylation is 1. The number of carbonyl (C=O) groups is 2. The molecule has 8 heteroatoms. The zero-order valence-electron chi connectivity index (χ0n) is 11.4. The number of aromatic carboxylic acids is 1. The summed E-state index contributed by atoms with van der Waals surface area (Å²) in [4.78, 5) is 22.4. The van der Waals surface area contributed by atoms with Gasteiger partial charge in [0.05, 0.1) is 12.0 Å². The van der Waals surface area contributed by atoms with Crippen molar-refractivity contribution in [3.8, 4) is 0 Å². The van der Waals surface area contributed by atoms with Gasteiger partial charge in [-0.25, -0.2) is 9.59 Å². The van der Waals surface area contributed by atoms with Crippen LogP contribution < -0.4 is 10.6 Å². The van der Waals surface area contributed by atoms with Crippen molar-refractivity contribution < 1.29 is 27.9 Å². The molecule has 3 N–H and O–H groups in total. The summed E-state index contributed by atoms with van der Waals surface area (Å²) < 4.78 is 36.4. The van der Waals surface area contributed by atoms with Crippen LogP contribution in [0.25, 0.3) is 0 Å². The van der Waals surface area contributed by atoms with Crippen LogP contribution in [0.1, 0.15) is 29.3 Å². The first-order valence-electron chi connectivity index (χ1n) is 6.06. The highest BCUT2D eigenvalue weighted by atomic mass is 19.4. The summed E-state index contributed by atoms with van der Waals surface area (Å²) >= 11 is 0. The Labute approximate surface area is 119 Å². The van der Waals surface area contributed by atoms with Crippen LogP contribution in [0.4, 0.5) is 23.7 Å². The van der Waals surface area contributed by atoms with Crippen molar-refractivity contribution >= 4 is 17.7 Å². The number of carbonyl (C=O) groups excluding carboxylic acids is 1. The van der Waals surface area contributed by atoms with Gasteiger partial charge in [0.1, 0.15) is 0 Å². The molecule has 0 bridgehead atoms. The number of anilines is 1. The van der Waals surface area contributed by atoms with Crippen molar-refractivity contribution in [2.75, 3.05) is 5.32 Å². The molecule has 116 valence electrons. The third-order valence-corrected chi connectivity index (χ3v) is 2.63. The van der Waals surface area contributed by atoms with Gasteiger partial charge in [0.2, 0.25) is 0 Å². The predicted molar refractivity (Wildman–Crippen MR) is 70.4 cm³/mol. The number of alkyl halides is 3. The quantitative estimate of drug-likeness (QED) is 0.799. The van der Waals surface area contributed by atoms with Crippen molar-refractivity contribution in [2.24, 2.45) is 0 Å². The second-order valence-electron chi connectivity index (χ2n) is 4.65. The normalized spacial score (nSPS) is 12.6. The molecule has 1 rings (SSSR count). The molecule has 1 atom stereocenters. The van der Waals surface area contributed by atoms with Gasteiger partial charge < -0.3 is 15.7 Å². The van der Waals surface area contributed by atoms with Gasteiger partial charge in [0, 0.05) is 11.7 Å². The maximum atomic E-state index is 12.1. The molecule has 0 aliphatic heterocycles. The van der Waals surface area contributed by atoms with E-state index in [1.165, 1.54) is 25.1 Å². The molecule has 0 aliphatic carbocycles. The summed E-state index contributed by atoms with van der Waals surface area (Å²) in [6, 6.07) is 2.26. The molecular formula is C13H15F3N2O3. The zero-order valence-corrected chi connectivity index (χ0v) is 11.4. The van der Waals surface area contributed by atoms with E-state index < -0.39 is 30.6 Å². The van der Waals surface area contributed by atoms with Crippen LogP contribution in [0.5, 0.6) is 0 Å². The van der Waals surface area contributed by atoms with Gasteiger partial charge in [-0.05, 0) is 37.6 Å². The molecule has 0 fully saturated rings. The second kappa shape index (κ2) is 6.47. The fourth-order valence-corrected chi connectivity index (χ4v) is 1.77. The third kappa shape index (κ3) is 5.72. The van der Waals surface area contributed by atoms with E-state index in [-0.39, 0.29) is 5.56 Å². The SMILES string of the molecule is Cc1cc(NC(=O)NC(C)CC(F)(F)F)ccc1C(=O)O. The average molecular weight is 304 g/mol. The maximum absolute atomic E-state index is 12.1. The molecule has 0 radical (unpaired) electrons. The van der Waals surface area contributed by atoms with E-state index in [4.69, 9.17) is 5.11 Å². The molecule has 0 saturated heterocycles. The number of nitrogens with one attached hydrogen (secondary N) is 2. The van der Waals surface area contributed by atoms with E-state index in [9.17, 15) is 22.8 Å². The standard InChI is InChI=1S/C13H15F3N2O3/c1-7-5-9(3-4-10(7)11(19)20)18-12(21)17-8(2)6-13(14,15)16/h3-5,8H,6H2,1-2H3,(H,19,20)(H2,17,18,21). The highest BCUT2D eigenvalue weighted by Gasteiger charge is 2.30. The lowest BCUT2D eigenvalue weighted by Crippen LogP contribution is -2.38. The van der Waals surface area contributed by atoms with E-state index in [2.05, 4.69) is 10.6 Å². The van der Waals surface area contributed by atoms with Crippen LogP contribution >= 0.6 is 0 Å². The Hall–Kier alpha value is -2.25. The predicted octanol–water partition coefficient (Wildman–Crippen LogP) is 3.16. The van der Waals surface area contributed by atoms with Gasteiger partial charge in [-0.15, -0.1) is 0 Å². The lowest BCUT2D eigenvalue weighted by atomic mass is 10.1. The van der Waals surface area contributed by atoms with Crippen molar-refractivity contribution in [1.29, 1.82) is 0 Å². The molecule has 1 aromatic carbocycles. The minimum Gasteiger partial charge on any atom is -0.478 e. The molecule has 0 aliphatic rings. The number of hydrogen-bond acceptors (Lipinski definition) is 2. The minimum absolute atomic E-state index is 0.0893. The van der Waals surface area contributed by atoms with Crippen molar-refractivity contribution in [3.63, 3.8) is 0 Å². The Balaban J connectivity index is 2.63. The maximum Gasteiger partial charge on any atom is 0.391 e. The number of halogens is 3. The van der Waals surface area contributed by atoms with Gasteiger partial charge in [-0.2, -0.15) is 13.2 Å². The number of rotatable bonds is 4. The average Bonchev–Trinajstić information content (AvgIpc) is 2.24. The van der Waals surface area contributed by atoms with E-state index in [1.54, 1.807) is 6.92 Å². The van der Waals surface area contributed by atoms with Gasteiger partial charge in [0.15, 0.2) is 0 Å². The van der Waals surface area contributed by atoms with Crippen LogP contribution in [-0.2, 0) is 0 Å². The molecular weight excluding hydrogens is 289 g/mol. The van der Waals surface area contributed by atoms with Crippen molar-refractivity contribution in [1.82, 2.24) is 5.32 Å². The van der Waals surface area contributed by atoms with Crippen LogP contribution in [0, 0.1) is 6.92 Å². The number of carboxylic acid groups (broad SMARTS) is 1. The topological polar surface area (TPSA) is 78.4 Å². The molecule has 0 saturated carbocycles. The Morgan fingerprint density at radius 3 is 2.43 bits per heavy atom. The molecule has 21 heavy (non-hydrogen) atoms. The van der Waals surface area contributed by atoms with Crippen molar-refractivity contribution in [3.05, 3.63) is 29.3 Å². The molecule has 2 amide bonds. The van der Waals surface area contributed by atoms with Crippen molar-refractivity contribution in [2.45, 2.75) is 32.5 Å². The Bertz CT molecular complexity index is 544. The lowest BCUT2D eigenvalue weighted by Gasteiger charge is -2.16. The van der Waals surface area contributed by atoms with Crippen LogP contribution in [0.2, 0.25) is 0 Å². The van der Waals surface area contributed by atoms with E-state index in [1.807, 2.05) is 0 Å². The zero-order chi connectivity index (χ0) is 16.2. The lowest BCUT2D eigenvalue weighted by molar-refractivity contribution is -0.138. The molecule has 1 unspecified atom stereocenters. The minimum atomic E-state index is -4.35. The van der Waals surface area contributed by atoms with E-state index >= 15 is 0 Å². The summed E-state index contributed by atoms with van der Waals surface area (Å²) in [6.45, 7) is 2.80. The second-order valence-corrected chi connectivity index (χ2v) is 4.65. The number of benzene rings is 1. The van der Waals surface area contributed by atoms with Crippen LogP contribution in [0.15, 0.2) is 18.2 Å². The molecule has 0 heterocycles. The first-order valence-corrected chi connectivity index (χ1v) is 6.06. The van der Waals surface area contributed by atoms with E-state index in [0.29, 0.717) is 11.3 Å². The molecule has 0 spiro atoms. The molecule has 1 aromatic rings. The van der Waals surface area contributed by atoms with Gasteiger partial charge in [-0.3, -0.25) is 0 Å².